The maximum absolute atomic E-state index is 9.38. The summed E-state index contributed by atoms with van der Waals surface area (Å²) in [4.78, 5) is 8.17. The summed E-state index contributed by atoms with van der Waals surface area (Å²) in [6, 6.07) is 9.37. The van der Waals surface area contributed by atoms with E-state index in [0.717, 1.165) is 5.56 Å². The topological polar surface area (TPSA) is 72.0 Å². The zero-order chi connectivity index (χ0) is 13.2. The summed E-state index contributed by atoms with van der Waals surface area (Å²) in [6.07, 6.45) is 2.91. The third kappa shape index (κ3) is 2.30. The SMILES string of the molecule is Cc1ccc(-c2noc(-c3cncc(O)c3)n2)cc1. The lowest BCUT2D eigenvalue weighted by molar-refractivity contribution is 0.431. The molecule has 94 valence electrons. The van der Waals surface area contributed by atoms with Crippen LogP contribution in [0.3, 0.4) is 0 Å². The predicted octanol–water partition coefficient (Wildman–Crippen LogP) is 2.81. The summed E-state index contributed by atoms with van der Waals surface area (Å²) in [7, 11) is 0. The number of aromatic hydroxyl groups is 1. The molecule has 1 N–H and O–H groups in total. The Morgan fingerprint density at radius 1 is 1.05 bits per heavy atom. The van der Waals surface area contributed by atoms with Gasteiger partial charge in [0.25, 0.3) is 5.89 Å². The molecule has 2 heterocycles. The molecule has 0 aliphatic rings. The van der Waals surface area contributed by atoms with Gasteiger partial charge in [0.2, 0.25) is 5.82 Å². The van der Waals surface area contributed by atoms with Crippen molar-refractivity contribution in [3.63, 3.8) is 0 Å². The summed E-state index contributed by atoms with van der Waals surface area (Å²) in [5, 5.41) is 13.3. The Bertz CT molecular complexity index is 705. The van der Waals surface area contributed by atoms with Gasteiger partial charge in [-0.25, -0.2) is 0 Å². The maximum atomic E-state index is 9.38. The van der Waals surface area contributed by atoms with Crippen molar-refractivity contribution in [2.75, 3.05) is 0 Å². The average molecular weight is 253 g/mol. The van der Waals surface area contributed by atoms with Crippen LogP contribution in [0.4, 0.5) is 0 Å². The van der Waals surface area contributed by atoms with Crippen LogP contribution in [0.15, 0.2) is 47.2 Å². The van der Waals surface area contributed by atoms with Crippen molar-refractivity contribution in [1.82, 2.24) is 15.1 Å². The second-order valence-electron chi connectivity index (χ2n) is 4.22. The molecule has 0 amide bonds. The molecule has 0 radical (unpaired) electrons. The number of aromatic nitrogens is 3. The number of hydrogen-bond donors (Lipinski definition) is 1. The molecule has 5 nitrogen and oxygen atoms in total. The van der Waals surface area contributed by atoms with E-state index in [0.29, 0.717) is 17.3 Å². The number of rotatable bonds is 2. The lowest BCUT2D eigenvalue weighted by Gasteiger charge is -1.95. The minimum atomic E-state index is 0.0626. The van der Waals surface area contributed by atoms with Crippen molar-refractivity contribution < 1.29 is 9.63 Å². The number of nitrogens with zero attached hydrogens (tertiary/aromatic N) is 3. The average Bonchev–Trinajstić information content (AvgIpc) is 2.89. The van der Waals surface area contributed by atoms with Crippen LogP contribution in [0.5, 0.6) is 5.75 Å². The lowest BCUT2D eigenvalue weighted by Crippen LogP contribution is -1.82. The first-order valence-corrected chi connectivity index (χ1v) is 5.77. The number of pyridine rings is 1. The Kier molecular flexibility index (Phi) is 2.72. The zero-order valence-electron chi connectivity index (χ0n) is 10.2. The molecule has 0 spiro atoms. The van der Waals surface area contributed by atoms with Gasteiger partial charge in [0.1, 0.15) is 5.75 Å². The Hall–Kier alpha value is -2.69. The van der Waals surface area contributed by atoms with Crippen LogP contribution < -0.4 is 0 Å². The van der Waals surface area contributed by atoms with E-state index in [1.54, 1.807) is 6.20 Å². The summed E-state index contributed by atoms with van der Waals surface area (Å²) in [5.74, 6) is 0.907. The summed E-state index contributed by atoms with van der Waals surface area (Å²) in [6.45, 7) is 2.02. The van der Waals surface area contributed by atoms with Crippen molar-refractivity contribution in [2.45, 2.75) is 6.92 Å². The van der Waals surface area contributed by atoms with Crippen LogP contribution in [0.25, 0.3) is 22.8 Å². The fourth-order valence-electron chi connectivity index (χ4n) is 1.71. The van der Waals surface area contributed by atoms with Gasteiger partial charge >= 0.3 is 0 Å². The second kappa shape index (κ2) is 4.53. The van der Waals surface area contributed by atoms with E-state index in [2.05, 4.69) is 15.1 Å². The molecule has 1 aromatic carbocycles. The monoisotopic (exact) mass is 253 g/mol. The maximum Gasteiger partial charge on any atom is 0.259 e. The van der Waals surface area contributed by atoms with Crippen LogP contribution in [-0.2, 0) is 0 Å². The van der Waals surface area contributed by atoms with Crippen LogP contribution in [-0.4, -0.2) is 20.2 Å². The van der Waals surface area contributed by atoms with E-state index in [4.69, 9.17) is 4.52 Å². The Balaban J connectivity index is 1.97. The van der Waals surface area contributed by atoms with Gasteiger partial charge in [-0.2, -0.15) is 4.98 Å². The molecular formula is C14H11N3O2. The van der Waals surface area contributed by atoms with Crippen molar-refractivity contribution in [1.29, 1.82) is 0 Å². The molecule has 3 aromatic rings. The molecule has 5 heteroatoms. The smallest absolute Gasteiger partial charge is 0.259 e. The van der Waals surface area contributed by atoms with E-state index in [1.165, 1.54) is 17.8 Å². The van der Waals surface area contributed by atoms with E-state index in [-0.39, 0.29) is 5.75 Å². The Labute approximate surface area is 109 Å². The molecule has 2 aromatic heterocycles. The van der Waals surface area contributed by atoms with Crippen molar-refractivity contribution >= 4 is 0 Å². The molecule has 0 saturated heterocycles. The van der Waals surface area contributed by atoms with Crippen LogP contribution >= 0.6 is 0 Å². The molecule has 0 aliphatic heterocycles. The predicted molar refractivity (Wildman–Crippen MR) is 69.4 cm³/mol. The van der Waals surface area contributed by atoms with Crippen LogP contribution in [0.2, 0.25) is 0 Å². The minimum Gasteiger partial charge on any atom is -0.506 e. The Morgan fingerprint density at radius 3 is 2.58 bits per heavy atom. The first-order valence-electron chi connectivity index (χ1n) is 5.77. The molecule has 0 atom stereocenters. The molecule has 19 heavy (non-hydrogen) atoms. The van der Waals surface area contributed by atoms with E-state index >= 15 is 0 Å². The molecule has 0 bridgehead atoms. The summed E-state index contributed by atoms with van der Waals surface area (Å²) in [5.41, 5.74) is 2.64. The largest absolute Gasteiger partial charge is 0.506 e. The molecule has 0 unspecified atom stereocenters. The Morgan fingerprint density at radius 2 is 1.84 bits per heavy atom. The van der Waals surface area contributed by atoms with E-state index < -0.39 is 0 Å². The number of benzene rings is 1. The third-order valence-electron chi connectivity index (χ3n) is 2.71. The van der Waals surface area contributed by atoms with Gasteiger partial charge < -0.3 is 9.63 Å². The van der Waals surface area contributed by atoms with E-state index in [9.17, 15) is 5.11 Å². The van der Waals surface area contributed by atoms with Gasteiger partial charge in [-0.05, 0) is 13.0 Å². The highest BCUT2D eigenvalue weighted by Crippen LogP contribution is 2.23. The van der Waals surface area contributed by atoms with Crippen LogP contribution in [0, 0.1) is 6.92 Å². The van der Waals surface area contributed by atoms with Gasteiger partial charge in [0.05, 0.1) is 11.8 Å². The lowest BCUT2D eigenvalue weighted by atomic mass is 10.1. The van der Waals surface area contributed by atoms with Gasteiger partial charge in [-0.15, -0.1) is 0 Å². The molecule has 0 saturated carbocycles. The first kappa shape index (κ1) is 11.4. The number of hydrogen-bond acceptors (Lipinski definition) is 5. The standard InChI is InChI=1S/C14H11N3O2/c1-9-2-4-10(5-3-9)13-16-14(19-17-13)11-6-12(18)8-15-7-11/h2-8,18H,1H3. The normalized spacial score (nSPS) is 10.6. The fraction of sp³-hybridized carbons (Fsp3) is 0.0714. The summed E-state index contributed by atoms with van der Waals surface area (Å²) < 4.78 is 5.18. The molecular weight excluding hydrogens is 242 g/mol. The highest BCUT2D eigenvalue weighted by molar-refractivity contribution is 5.60. The van der Waals surface area contributed by atoms with Crippen molar-refractivity contribution in [2.24, 2.45) is 0 Å². The quantitative estimate of drug-likeness (QED) is 0.760. The zero-order valence-corrected chi connectivity index (χ0v) is 10.2. The highest BCUT2D eigenvalue weighted by Gasteiger charge is 2.11. The molecule has 0 fully saturated rings. The fourth-order valence-corrected chi connectivity index (χ4v) is 1.71. The van der Waals surface area contributed by atoms with Gasteiger partial charge in [-0.3, -0.25) is 4.98 Å². The van der Waals surface area contributed by atoms with Crippen LogP contribution in [0.1, 0.15) is 5.56 Å². The minimum absolute atomic E-state index is 0.0626. The molecule has 3 rings (SSSR count). The van der Waals surface area contributed by atoms with Gasteiger partial charge in [0, 0.05) is 11.8 Å². The highest BCUT2D eigenvalue weighted by atomic mass is 16.5. The van der Waals surface area contributed by atoms with Crippen molar-refractivity contribution in [3.8, 4) is 28.6 Å². The van der Waals surface area contributed by atoms with Gasteiger partial charge in [0.15, 0.2) is 0 Å². The van der Waals surface area contributed by atoms with Gasteiger partial charge in [-0.1, -0.05) is 35.0 Å². The third-order valence-corrected chi connectivity index (χ3v) is 2.71. The van der Waals surface area contributed by atoms with E-state index in [1.807, 2.05) is 31.2 Å². The second-order valence-corrected chi connectivity index (χ2v) is 4.22. The first-order chi connectivity index (χ1) is 9.22. The van der Waals surface area contributed by atoms with Crippen molar-refractivity contribution in [3.05, 3.63) is 48.3 Å². The number of aryl methyl sites for hydroxylation is 1. The molecule has 0 aliphatic carbocycles. The summed E-state index contributed by atoms with van der Waals surface area (Å²) >= 11 is 0.